The molecular formula is C14H19ClN2O. The Balaban J connectivity index is 0.00000120. The SMILES string of the molecule is CC1CC1CNC(=O)c1ccc2c(c1)CNC2.Cl. The Bertz CT molecular complexity index is 461. The summed E-state index contributed by atoms with van der Waals surface area (Å²) in [5.41, 5.74) is 3.37. The van der Waals surface area contributed by atoms with E-state index in [-0.39, 0.29) is 18.3 Å². The van der Waals surface area contributed by atoms with Gasteiger partial charge in [0.25, 0.3) is 5.91 Å². The van der Waals surface area contributed by atoms with Crippen molar-refractivity contribution in [3.05, 3.63) is 34.9 Å². The molecule has 1 aliphatic carbocycles. The smallest absolute Gasteiger partial charge is 0.251 e. The quantitative estimate of drug-likeness (QED) is 0.880. The van der Waals surface area contributed by atoms with E-state index in [9.17, 15) is 4.79 Å². The Kier molecular flexibility index (Phi) is 3.93. The van der Waals surface area contributed by atoms with Crippen molar-refractivity contribution in [2.45, 2.75) is 26.4 Å². The number of carbonyl (C=O) groups is 1. The van der Waals surface area contributed by atoms with Crippen molar-refractivity contribution in [3.8, 4) is 0 Å². The molecule has 0 bridgehead atoms. The van der Waals surface area contributed by atoms with Crippen molar-refractivity contribution in [1.82, 2.24) is 10.6 Å². The second-order valence-electron chi connectivity index (χ2n) is 5.27. The summed E-state index contributed by atoms with van der Waals surface area (Å²) in [4.78, 5) is 12.0. The van der Waals surface area contributed by atoms with Gasteiger partial charge in [-0.05, 0) is 41.5 Å². The van der Waals surface area contributed by atoms with Crippen LogP contribution in [0.15, 0.2) is 18.2 Å². The first kappa shape index (κ1) is 13.4. The minimum atomic E-state index is 0. The lowest BCUT2D eigenvalue weighted by molar-refractivity contribution is 0.0951. The molecule has 1 fully saturated rings. The van der Waals surface area contributed by atoms with E-state index < -0.39 is 0 Å². The van der Waals surface area contributed by atoms with Gasteiger partial charge < -0.3 is 10.6 Å². The molecule has 2 unspecified atom stereocenters. The van der Waals surface area contributed by atoms with Gasteiger partial charge in [-0.15, -0.1) is 12.4 Å². The fraction of sp³-hybridized carbons (Fsp3) is 0.500. The molecule has 2 N–H and O–H groups in total. The van der Waals surface area contributed by atoms with Crippen molar-refractivity contribution >= 4 is 18.3 Å². The second-order valence-corrected chi connectivity index (χ2v) is 5.27. The van der Waals surface area contributed by atoms with Crippen LogP contribution >= 0.6 is 12.4 Å². The summed E-state index contributed by atoms with van der Waals surface area (Å²) in [7, 11) is 0. The highest BCUT2D eigenvalue weighted by Crippen LogP contribution is 2.36. The second kappa shape index (κ2) is 5.29. The highest BCUT2D eigenvalue weighted by Gasteiger charge is 2.32. The molecule has 0 radical (unpaired) electrons. The number of carbonyl (C=O) groups excluding carboxylic acids is 1. The standard InChI is InChI=1S/C14H18N2O.ClH/c1-9-4-12(9)8-16-14(17)10-2-3-11-6-15-7-13(11)5-10;/h2-3,5,9,12,15H,4,6-8H2,1H3,(H,16,17);1H. The summed E-state index contributed by atoms with van der Waals surface area (Å²) in [6, 6.07) is 6.00. The molecular weight excluding hydrogens is 248 g/mol. The minimum absolute atomic E-state index is 0. The molecule has 1 heterocycles. The topological polar surface area (TPSA) is 41.1 Å². The number of nitrogens with one attached hydrogen (secondary N) is 2. The first-order valence-electron chi connectivity index (χ1n) is 6.35. The number of hydrogen-bond acceptors (Lipinski definition) is 2. The Morgan fingerprint density at radius 1 is 1.39 bits per heavy atom. The van der Waals surface area contributed by atoms with Gasteiger partial charge in [-0.2, -0.15) is 0 Å². The molecule has 0 saturated heterocycles. The predicted octanol–water partition coefficient (Wildman–Crippen LogP) is 2.10. The monoisotopic (exact) mass is 266 g/mol. The number of halogens is 1. The fourth-order valence-corrected chi connectivity index (χ4v) is 2.45. The first-order chi connectivity index (χ1) is 8.24. The third-order valence-electron chi connectivity index (χ3n) is 3.90. The Morgan fingerprint density at radius 3 is 2.83 bits per heavy atom. The van der Waals surface area contributed by atoms with E-state index in [1.165, 1.54) is 17.5 Å². The molecule has 0 spiro atoms. The summed E-state index contributed by atoms with van der Waals surface area (Å²) in [5.74, 6) is 1.56. The van der Waals surface area contributed by atoms with Crippen molar-refractivity contribution in [1.29, 1.82) is 0 Å². The Morgan fingerprint density at radius 2 is 2.11 bits per heavy atom. The van der Waals surface area contributed by atoms with Gasteiger partial charge in [0.2, 0.25) is 0 Å². The lowest BCUT2D eigenvalue weighted by Gasteiger charge is -2.06. The van der Waals surface area contributed by atoms with Gasteiger partial charge >= 0.3 is 0 Å². The van der Waals surface area contributed by atoms with Crippen molar-refractivity contribution in [2.75, 3.05) is 6.54 Å². The molecule has 3 nitrogen and oxygen atoms in total. The molecule has 1 amide bonds. The lowest BCUT2D eigenvalue weighted by atomic mass is 10.1. The lowest BCUT2D eigenvalue weighted by Crippen LogP contribution is -2.26. The van der Waals surface area contributed by atoms with Crippen LogP contribution < -0.4 is 10.6 Å². The third-order valence-corrected chi connectivity index (χ3v) is 3.90. The molecule has 2 atom stereocenters. The Labute approximate surface area is 114 Å². The van der Waals surface area contributed by atoms with E-state index in [2.05, 4.69) is 23.6 Å². The summed E-state index contributed by atoms with van der Waals surface area (Å²) < 4.78 is 0. The zero-order chi connectivity index (χ0) is 11.8. The zero-order valence-corrected chi connectivity index (χ0v) is 11.3. The number of amides is 1. The van der Waals surface area contributed by atoms with Crippen LogP contribution in [0.3, 0.4) is 0 Å². The van der Waals surface area contributed by atoms with Crippen LogP contribution in [0.25, 0.3) is 0 Å². The van der Waals surface area contributed by atoms with Crippen LogP contribution in [0, 0.1) is 11.8 Å². The zero-order valence-electron chi connectivity index (χ0n) is 10.5. The van der Waals surface area contributed by atoms with Gasteiger partial charge in [-0.25, -0.2) is 0 Å². The Hall–Kier alpha value is -1.06. The molecule has 2 aliphatic rings. The minimum Gasteiger partial charge on any atom is -0.352 e. The van der Waals surface area contributed by atoms with E-state index in [4.69, 9.17) is 0 Å². The number of hydrogen-bond donors (Lipinski definition) is 2. The van der Waals surface area contributed by atoms with E-state index in [0.717, 1.165) is 31.1 Å². The number of benzene rings is 1. The van der Waals surface area contributed by atoms with E-state index in [1.807, 2.05) is 12.1 Å². The van der Waals surface area contributed by atoms with E-state index >= 15 is 0 Å². The van der Waals surface area contributed by atoms with Crippen LogP contribution in [-0.4, -0.2) is 12.5 Å². The average molecular weight is 267 g/mol. The van der Waals surface area contributed by atoms with Crippen LogP contribution in [0.2, 0.25) is 0 Å². The van der Waals surface area contributed by atoms with Gasteiger partial charge in [0.1, 0.15) is 0 Å². The summed E-state index contributed by atoms with van der Waals surface area (Å²) in [6.45, 7) is 4.88. The summed E-state index contributed by atoms with van der Waals surface area (Å²) in [5, 5.41) is 6.31. The number of rotatable bonds is 3. The van der Waals surface area contributed by atoms with Gasteiger partial charge in [0, 0.05) is 25.2 Å². The van der Waals surface area contributed by atoms with Crippen molar-refractivity contribution < 1.29 is 4.79 Å². The maximum atomic E-state index is 12.0. The van der Waals surface area contributed by atoms with Crippen LogP contribution in [0.1, 0.15) is 34.8 Å². The molecule has 1 aliphatic heterocycles. The predicted molar refractivity (Wildman–Crippen MR) is 73.8 cm³/mol. The normalized spacial score (nSPS) is 24.1. The van der Waals surface area contributed by atoms with Gasteiger partial charge in [-0.3, -0.25) is 4.79 Å². The molecule has 3 rings (SSSR count). The maximum absolute atomic E-state index is 12.0. The van der Waals surface area contributed by atoms with Crippen molar-refractivity contribution in [2.24, 2.45) is 11.8 Å². The van der Waals surface area contributed by atoms with Gasteiger partial charge in [0.15, 0.2) is 0 Å². The van der Waals surface area contributed by atoms with Crippen LogP contribution in [0.4, 0.5) is 0 Å². The summed E-state index contributed by atoms with van der Waals surface area (Å²) in [6.07, 6.45) is 1.26. The van der Waals surface area contributed by atoms with Gasteiger partial charge in [-0.1, -0.05) is 13.0 Å². The first-order valence-corrected chi connectivity index (χ1v) is 6.35. The third kappa shape index (κ3) is 2.68. The molecule has 18 heavy (non-hydrogen) atoms. The average Bonchev–Trinajstić information content (AvgIpc) is 2.86. The van der Waals surface area contributed by atoms with Crippen LogP contribution in [-0.2, 0) is 13.1 Å². The van der Waals surface area contributed by atoms with E-state index in [0.29, 0.717) is 5.92 Å². The summed E-state index contributed by atoms with van der Waals surface area (Å²) >= 11 is 0. The van der Waals surface area contributed by atoms with Crippen molar-refractivity contribution in [3.63, 3.8) is 0 Å². The van der Waals surface area contributed by atoms with E-state index in [1.54, 1.807) is 0 Å². The molecule has 4 heteroatoms. The molecule has 1 aromatic carbocycles. The highest BCUT2D eigenvalue weighted by molar-refractivity contribution is 5.94. The molecule has 98 valence electrons. The fourth-order valence-electron chi connectivity index (χ4n) is 2.45. The van der Waals surface area contributed by atoms with Gasteiger partial charge in [0.05, 0.1) is 0 Å². The van der Waals surface area contributed by atoms with Crippen LogP contribution in [0.5, 0.6) is 0 Å². The molecule has 1 saturated carbocycles. The maximum Gasteiger partial charge on any atom is 0.251 e. The largest absolute Gasteiger partial charge is 0.352 e. The molecule has 0 aromatic heterocycles. The highest BCUT2D eigenvalue weighted by atomic mass is 35.5. The molecule has 1 aromatic rings. The number of fused-ring (bicyclic) bond motifs is 1.